The summed E-state index contributed by atoms with van der Waals surface area (Å²) in [5, 5.41) is 37.1. The van der Waals surface area contributed by atoms with Crippen LogP contribution in [-0.2, 0) is 19.0 Å². The first kappa shape index (κ1) is 29.7. The number of hydrogen-bond acceptors (Lipinski definition) is 10. The van der Waals surface area contributed by atoms with Gasteiger partial charge in [0.2, 0.25) is 5.91 Å². The number of methoxy groups -OCH3 is 1. The number of aliphatic hydroxyl groups is 2. The summed E-state index contributed by atoms with van der Waals surface area (Å²) in [6.07, 6.45) is -0.180. The van der Waals surface area contributed by atoms with Gasteiger partial charge in [0.1, 0.15) is 23.9 Å². The van der Waals surface area contributed by atoms with Crippen molar-refractivity contribution >= 4 is 23.6 Å². The molecule has 2 heterocycles. The van der Waals surface area contributed by atoms with Crippen molar-refractivity contribution < 1.29 is 39.1 Å². The van der Waals surface area contributed by atoms with Gasteiger partial charge in [0, 0.05) is 19.3 Å². The van der Waals surface area contributed by atoms with E-state index in [2.05, 4.69) is 17.6 Å². The Bertz CT molecular complexity index is 890. The molecule has 1 amide bonds. The number of phenolic OH excluding ortho intramolecular Hbond substituents is 1. The van der Waals surface area contributed by atoms with E-state index in [9.17, 15) is 24.9 Å². The van der Waals surface area contributed by atoms with E-state index in [1.807, 2.05) is 0 Å². The zero-order valence-corrected chi connectivity index (χ0v) is 22.5. The van der Waals surface area contributed by atoms with Gasteiger partial charge in [-0.15, -0.1) is 11.8 Å². The largest absolute Gasteiger partial charge is 0.508 e. The molecule has 1 aromatic carbocycles. The number of carbonyl (C=O) groups excluding carboxylic acids is 2. The van der Waals surface area contributed by atoms with E-state index < -0.39 is 41.9 Å². The van der Waals surface area contributed by atoms with Gasteiger partial charge in [0.25, 0.3) is 0 Å². The molecule has 2 fully saturated rings. The molecule has 0 spiro atoms. The maximum absolute atomic E-state index is 13.0. The molecule has 3 rings (SSSR count). The second-order valence-corrected chi connectivity index (χ2v) is 10.9. The zero-order valence-electron chi connectivity index (χ0n) is 21.7. The fourth-order valence-corrected chi connectivity index (χ4v) is 5.78. The average Bonchev–Trinajstić information content (AvgIpc) is 3.35. The second kappa shape index (κ2) is 14.3. The number of esters is 1. The van der Waals surface area contributed by atoms with Gasteiger partial charge in [-0.25, -0.2) is 4.79 Å². The predicted molar refractivity (Wildman–Crippen MR) is 139 cm³/mol. The highest BCUT2D eigenvalue weighted by molar-refractivity contribution is 7.99. The summed E-state index contributed by atoms with van der Waals surface area (Å²) in [7, 11) is 1.53. The van der Waals surface area contributed by atoms with Gasteiger partial charge < -0.3 is 40.2 Å². The van der Waals surface area contributed by atoms with E-state index in [-0.39, 0.29) is 36.3 Å². The van der Waals surface area contributed by atoms with Crippen LogP contribution in [0.25, 0.3) is 0 Å². The van der Waals surface area contributed by atoms with Gasteiger partial charge in [-0.2, -0.15) is 0 Å². The number of carbonyl (C=O) groups is 2. The number of hydrogen-bond donors (Lipinski definition) is 5. The van der Waals surface area contributed by atoms with Crippen LogP contribution in [0.3, 0.4) is 0 Å². The van der Waals surface area contributed by atoms with Crippen LogP contribution in [0.1, 0.15) is 49.9 Å². The quantitative estimate of drug-likeness (QED) is 0.195. The fourth-order valence-electron chi connectivity index (χ4n) is 4.83. The number of amides is 1. The first-order valence-electron chi connectivity index (χ1n) is 12.9. The second-order valence-electron chi connectivity index (χ2n) is 9.72. The average molecular weight is 541 g/mol. The summed E-state index contributed by atoms with van der Waals surface area (Å²) in [5.41, 5.74) is -0.443. The third kappa shape index (κ3) is 8.30. The van der Waals surface area contributed by atoms with Crippen molar-refractivity contribution in [3.8, 4) is 5.75 Å². The normalized spacial score (nSPS) is 29.4. The number of benzene rings is 1. The van der Waals surface area contributed by atoms with Crippen molar-refractivity contribution in [1.29, 1.82) is 0 Å². The minimum atomic E-state index is -0.997. The summed E-state index contributed by atoms with van der Waals surface area (Å²) >= 11 is 1.26. The highest BCUT2D eigenvalue weighted by Gasteiger charge is 2.44. The molecule has 2 saturated heterocycles. The third-order valence-electron chi connectivity index (χ3n) is 6.92. The number of nitrogens with one attached hydrogen (secondary N) is 2. The molecule has 208 valence electrons. The highest BCUT2D eigenvalue weighted by atomic mass is 32.2. The van der Waals surface area contributed by atoms with Crippen molar-refractivity contribution in [2.75, 3.05) is 26.0 Å². The number of rotatable bonds is 12. The Hall–Kier alpha value is -1.89. The smallest absolute Gasteiger partial charge is 0.338 e. The Morgan fingerprint density at radius 3 is 2.76 bits per heavy atom. The summed E-state index contributed by atoms with van der Waals surface area (Å²) in [4.78, 5) is 25.2. The molecule has 0 radical (unpaired) electrons. The molecule has 1 aromatic rings. The van der Waals surface area contributed by atoms with E-state index in [1.54, 1.807) is 19.1 Å². The number of aromatic hydroxyl groups is 1. The van der Waals surface area contributed by atoms with Gasteiger partial charge in [0.05, 0.1) is 36.0 Å². The maximum Gasteiger partial charge on any atom is 0.338 e. The molecule has 2 aliphatic rings. The Morgan fingerprint density at radius 2 is 2.05 bits per heavy atom. The van der Waals surface area contributed by atoms with Crippen molar-refractivity contribution in [1.82, 2.24) is 10.6 Å². The Labute approximate surface area is 222 Å². The van der Waals surface area contributed by atoms with Crippen LogP contribution in [0.5, 0.6) is 5.75 Å². The molecule has 0 aromatic heterocycles. The minimum absolute atomic E-state index is 0.0245. The monoisotopic (exact) mass is 540 g/mol. The fraction of sp³-hybridized carbons (Fsp3) is 0.692. The lowest BCUT2D eigenvalue weighted by Crippen LogP contribution is -2.61. The number of aliphatic hydroxyl groups excluding tert-OH is 2. The van der Waals surface area contributed by atoms with Crippen LogP contribution in [0, 0.1) is 5.92 Å². The lowest BCUT2D eigenvalue weighted by molar-refractivity contribution is -0.163. The molecule has 5 N–H and O–H groups in total. The van der Waals surface area contributed by atoms with Gasteiger partial charge in [-0.05, 0) is 50.4 Å². The molecular weight excluding hydrogens is 500 g/mol. The summed E-state index contributed by atoms with van der Waals surface area (Å²) in [6, 6.07) is 4.96. The van der Waals surface area contributed by atoms with Crippen LogP contribution in [-0.4, -0.2) is 95.1 Å². The first-order valence-corrected chi connectivity index (χ1v) is 13.9. The van der Waals surface area contributed by atoms with Crippen LogP contribution < -0.4 is 10.6 Å². The predicted octanol–water partition coefficient (Wildman–Crippen LogP) is 1.42. The number of ether oxygens (including phenoxy) is 3. The summed E-state index contributed by atoms with van der Waals surface area (Å²) < 4.78 is 16.9. The third-order valence-corrected chi connectivity index (χ3v) is 8.08. The lowest BCUT2D eigenvalue weighted by atomic mass is 9.93. The molecule has 8 atom stereocenters. The summed E-state index contributed by atoms with van der Waals surface area (Å²) in [5.74, 6) is 0.0686. The SMILES string of the molecule is CCC[C@H]1CN[C@H](C(=O)N[C@@H]([C@H]2O[C@H](SCCOC(=O)c3cccc(O)c3)[C@H](O)C[C@H]2O)[C@@H](C)OC)C1. The van der Waals surface area contributed by atoms with Crippen molar-refractivity contribution in [2.45, 2.75) is 81.5 Å². The van der Waals surface area contributed by atoms with E-state index in [0.29, 0.717) is 11.7 Å². The first-order chi connectivity index (χ1) is 17.7. The van der Waals surface area contributed by atoms with E-state index >= 15 is 0 Å². The maximum atomic E-state index is 13.0. The lowest BCUT2D eigenvalue weighted by Gasteiger charge is -2.42. The standard InChI is InChI=1S/C26H40N2O8S/c1-4-6-16-11-19(27-14-16)24(32)28-22(15(2)34-3)23-20(30)13-21(31)26(36-23)37-10-9-35-25(33)17-7-5-8-18(29)12-17/h5,7-8,12,15-16,19-23,26-27,29-31H,4,6,9-11,13-14H2,1-3H3,(H,28,32)/t15-,16-,19+,20-,21-,22-,23+,26-/m1/s1. The molecule has 0 unspecified atom stereocenters. The topological polar surface area (TPSA) is 147 Å². The van der Waals surface area contributed by atoms with Crippen molar-refractivity contribution in [3.63, 3.8) is 0 Å². The molecule has 37 heavy (non-hydrogen) atoms. The zero-order chi connectivity index (χ0) is 26.9. The Morgan fingerprint density at radius 1 is 1.27 bits per heavy atom. The molecule has 0 saturated carbocycles. The minimum Gasteiger partial charge on any atom is -0.508 e. The van der Waals surface area contributed by atoms with Gasteiger partial charge in [0.15, 0.2) is 0 Å². The van der Waals surface area contributed by atoms with E-state index in [1.165, 1.54) is 31.0 Å². The number of phenols is 1. The van der Waals surface area contributed by atoms with Crippen LogP contribution in [0.2, 0.25) is 0 Å². The Kier molecular flexibility index (Phi) is 11.5. The van der Waals surface area contributed by atoms with Gasteiger partial charge >= 0.3 is 5.97 Å². The van der Waals surface area contributed by atoms with Crippen molar-refractivity contribution in [3.05, 3.63) is 29.8 Å². The highest BCUT2D eigenvalue weighted by Crippen LogP contribution is 2.31. The number of thioether (sulfide) groups is 1. The summed E-state index contributed by atoms with van der Waals surface area (Å²) in [6.45, 7) is 4.81. The van der Waals surface area contributed by atoms with Gasteiger partial charge in [-0.3, -0.25) is 4.79 Å². The van der Waals surface area contributed by atoms with Gasteiger partial charge in [-0.1, -0.05) is 19.4 Å². The molecule has 0 aliphatic carbocycles. The molecular formula is C26H40N2O8S. The van der Waals surface area contributed by atoms with E-state index in [0.717, 1.165) is 25.8 Å². The van der Waals surface area contributed by atoms with Crippen LogP contribution >= 0.6 is 11.8 Å². The molecule has 10 nitrogen and oxygen atoms in total. The molecule has 11 heteroatoms. The Balaban J connectivity index is 1.55. The molecule has 2 aliphatic heterocycles. The van der Waals surface area contributed by atoms with Crippen LogP contribution in [0.4, 0.5) is 0 Å². The molecule has 0 bridgehead atoms. The van der Waals surface area contributed by atoms with E-state index in [4.69, 9.17) is 14.2 Å². The van der Waals surface area contributed by atoms with Crippen molar-refractivity contribution in [2.24, 2.45) is 5.92 Å². The van der Waals surface area contributed by atoms with Crippen LogP contribution in [0.15, 0.2) is 24.3 Å².